The number of nitrogens with zero attached hydrogens (tertiary/aromatic N) is 2. The van der Waals surface area contributed by atoms with Crippen LogP contribution in [-0.4, -0.2) is 50.9 Å². The summed E-state index contributed by atoms with van der Waals surface area (Å²) in [6.07, 6.45) is 19.7. The summed E-state index contributed by atoms with van der Waals surface area (Å²) < 4.78 is 29.3. The van der Waals surface area contributed by atoms with Gasteiger partial charge in [0.05, 0.1) is 12.2 Å². The van der Waals surface area contributed by atoms with Gasteiger partial charge in [-0.05, 0) is 58.4 Å². The van der Waals surface area contributed by atoms with E-state index in [4.69, 9.17) is 13.9 Å². The molecule has 1 atom stereocenters. The molecular formula is C34H57N3O5S. The average molecular weight is 620 g/mol. The molecule has 1 heterocycles. The van der Waals surface area contributed by atoms with Crippen molar-refractivity contribution in [1.82, 2.24) is 15.5 Å². The van der Waals surface area contributed by atoms with Crippen molar-refractivity contribution < 1.29 is 22.9 Å². The van der Waals surface area contributed by atoms with Gasteiger partial charge < -0.3 is 19.2 Å². The second-order valence-electron chi connectivity index (χ2n) is 12.8. The summed E-state index contributed by atoms with van der Waals surface area (Å²) >= 11 is 0. The van der Waals surface area contributed by atoms with E-state index in [-0.39, 0.29) is 11.1 Å². The zero-order chi connectivity index (χ0) is 31.6. The lowest BCUT2D eigenvalue weighted by molar-refractivity contribution is -0.123. The minimum Gasteiger partial charge on any atom is -0.488 e. The first-order chi connectivity index (χ1) is 20.5. The Labute approximate surface area is 262 Å². The van der Waals surface area contributed by atoms with E-state index < -0.39 is 22.0 Å². The predicted octanol–water partition coefficient (Wildman–Crippen LogP) is 8.41. The van der Waals surface area contributed by atoms with Crippen molar-refractivity contribution in [2.75, 3.05) is 19.4 Å². The molecule has 43 heavy (non-hydrogen) atoms. The van der Waals surface area contributed by atoms with E-state index in [2.05, 4.69) is 22.4 Å². The molecule has 9 heteroatoms. The predicted molar refractivity (Wildman–Crippen MR) is 175 cm³/mol. The number of carbonyl (C=O) groups excluding carboxylic acids is 1. The van der Waals surface area contributed by atoms with E-state index in [1.165, 1.54) is 76.9 Å². The lowest BCUT2D eigenvalue weighted by Gasteiger charge is -2.30. The van der Waals surface area contributed by atoms with E-state index in [0.717, 1.165) is 18.4 Å². The Kier molecular flexibility index (Phi) is 17.1. The third-order valence-electron chi connectivity index (χ3n) is 7.56. The van der Waals surface area contributed by atoms with Crippen molar-refractivity contribution in [3.05, 3.63) is 24.3 Å². The monoisotopic (exact) mass is 619 g/mol. The highest BCUT2D eigenvalue weighted by Gasteiger charge is 2.24. The maximum Gasteiger partial charge on any atom is 0.307 e. The molecule has 2 rings (SSSR count). The van der Waals surface area contributed by atoms with E-state index in [9.17, 15) is 9.00 Å². The molecule has 0 spiro atoms. The first-order valence-corrected chi connectivity index (χ1v) is 17.9. The fraction of sp³-hybridized carbons (Fsp3) is 0.735. The van der Waals surface area contributed by atoms with Crippen molar-refractivity contribution in [2.45, 2.75) is 147 Å². The number of carbonyl (C=O) groups is 1. The number of hydrogen-bond donors (Lipinski definition) is 1. The topological polar surface area (TPSA) is 104 Å². The Morgan fingerprint density at radius 2 is 1.40 bits per heavy atom. The van der Waals surface area contributed by atoms with Crippen molar-refractivity contribution >= 4 is 16.7 Å². The van der Waals surface area contributed by atoms with Gasteiger partial charge in [0.2, 0.25) is 11.8 Å². The zero-order valence-corrected chi connectivity index (χ0v) is 28.5. The number of amides is 1. The van der Waals surface area contributed by atoms with Gasteiger partial charge in [-0.15, -0.1) is 5.10 Å². The fourth-order valence-corrected chi connectivity index (χ4v) is 5.16. The van der Waals surface area contributed by atoms with E-state index >= 15 is 0 Å². The minimum absolute atomic E-state index is 0.103. The first-order valence-electron chi connectivity index (χ1n) is 16.4. The van der Waals surface area contributed by atoms with Crippen LogP contribution in [0.3, 0.4) is 0 Å². The summed E-state index contributed by atoms with van der Waals surface area (Å²) in [5, 5.41) is 10.9. The third-order valence-corrected chi connectivity index (χ3v) is 8.22. The third kappa shape index (κ3) is 16.4. The largest absolute Gasteiger partial charge is 0.488 e. The van der Waals surface area contributed by atoms with Crippen LogP contribution in [-0.2, 0) is 20.3 Å². The maximum atomic E-state index is 12.4. The average Bonchev–Trinajstić information content (AvgIpc) is 3.45. The molecule has 1 aromatic heterocycles. The molecule has 2 aromatic rings. The van der Waals surface area contributed by atoms with Crippen LogP contribution in [0.25, 0.3) is 11.5 Å². The van der Waals surface area contributed by atoms with Gasteiger partial charge in [-0.3, -0.25) is 4.79 Å². The number of nitrogens with one attached hydrogen (secondary N) is 1. The van der Waals surface area contributed by atoms with Gasteiger partial charge in [-0.1, -0.05) is 89.1 Å². The number of ether oxygens (including phenoxy) is 2. The summed E-state index contributed by atoms with van der Waals surface area (Å²) in [5.41, 5.74) is -0.184. The summed E-state index contributed by atoms with van der Waals surface area (Å²) in [4.78, 5) is 12.4. The highest BCUT2D eigenvalue weighted by molar-refractivity contribution is 7.84. The van der Waals surface area contributed by atoms with E-state index in [0.29, 0.717) is 37.6 Å². The van der Waals surface area contributed by atoms with Gasteiger partial charge in [0.25, 0.3) is 0 Å². The highest BCUT2D eigenvalue weighted by atomic mass is 32.2. The van der Waals surface area contributed by atoms with Crippen LogP contribution in [0.4, 0.5) is 0 Å². The quantitative estimate of drug-likeness (QED) is 0.118. The van der Waals surface area contributed by atoms with Crippen molar-refractivity contribution in [3.63, 3.8) is 0 Å². The Balaban J connectivity index is 1.54. The lowest BCUT2D eigenvalue weighted by Crippen LogP contribution is -2.41. The molecule has 0 saturated heterocycles. The van der Waals surface area contributed by atoms with Crippen LogP contribution in [0.5, 0.6) is 5.75 Å². The molecule has 0 aliphatic carbocycles. The van der Waals surface area contributed by atoms with Gasteiger partial charge in [0.1, 0.15) is 22.2 Å². The molecule has 1 N–H and O–H groups in total. The number of aromatic nitrogens is 2. The van der Waals surface area contributed by atoms with Gasteiger partial charge >= 0.3 is 5.22 Å². The number of hydrogen-bond acceptors (Lipinski definition) is 7. The van der Waals surface area contributed by atoms with E-state index in [1.54, 1.807) is 0 Å². The fourth-order valence-electron chi connectivity index (χ4n) is 4.81. The Hall–Kier alpha value is -2.26. The first kappa shape index (κ1) is 36.9. The number of rotatable bonds is 24. The van der Waals surface area contributed by atoms with Crippen LogP contribution >= 0.6 is 0 Å². The molecule has 1 unspecified atom stereocenters. The summed E-state index contributed by atoms with van der Waals surface area (Å²) in [5.74, 6) is 1.14. The second kappa shape index (κ2) is 19.9. The molecule has 0 aliphatic heterocycles. The SMILES string of the molecule is CCCCCCCCCCCCCCCC(=O)NCC(C)(C)OCCC(C)(C)Oc1ccc(-c2nnc(S(C)=O)o2)cc1. The molecule has 244 valence electrons. The normalized spacial score (nSPS) is 12.8. The zero-order valence-electron chi connectivity index (χ0n) is 27.7. The van der Waals surface area contributed by atoms with Crippen LogP contribution in [0.1, 0.15) is 131 Å². The van der Waals surface area contributed by atoms with Gasteiger partial charge in [0.15, 0.2) is 0 Å². The number of benzene rings is 1. The molecule has 0 radical (unpaired) electrons. The summed E-state index contributed by atoms with van der Waals surface area (Å²) in [6, 6.07) is 7.37. The van der Waals surface area contributed by atoms with Gasteiger partial charge in [0, 0.05) is 31.2 Å². The smallest absolute Gasteiger partial charge is 0.307 e. The van der Waals surface area contributed by atoms with Crippen LogP contribution < -0.4 is 10.1 Å². The molecule has 1 amide bonds. The molecule has 0 saturated carbocycles. The standard InChI is InChI=1S/C34H57N3O5S/c1-7-8-9-10-11-12-13-14-15-16-17-18-19-20-30(38)35-27-34(4,5)40-26-25-33(2,3)42-29-23-21-28(22-24-29)31-36-37-32(41-31)43(6)39/h21-24H,7-20,25-27H2,1-6H3,(H,35,38). The molecule has 1 aromatic carbocycles. The van der Waals surface area contributed by atoms with Crippen LogP contribution in [0.15, 0.2) is 33.9 Å². The Bertz CT molecular complexity index is 1070. The van der Waals surface area contributed by atoms with Crippen LogP contribution in [0.2, 0.25) is 0 Å². The Morgan fingerprint density at radius 3 is 1.93 bits per heavy atom. The molecule has 8 nitrogen and oxygen atoms in total. The van der Waals surface area contributed by atoms with Gasteiger partial charge in [-0.25, -0.2) is 4.21 Å². The van der Waals surface area contributed by atoms with E-state index in [1.807, 2.05) is 52.0 Å². The summed E-state index contributed by atoms with van der Waals surface area (Å²) in [7, 11) is -1.32. The van der Waals surface area contributed by atoms with Crippen molar-refractivity contribution in [1.29, 1.82) is 0 Å². The van der Waals surface area contributed by atoms with Crippen LogP contribution in [0, 0.1) is 0 Å². The lowest BCUT2D eigenvalue weighted by atomic mass is 10.0. The molecule has 0 fully saturated rings. The molecule has 0 bridgehead atoms. The molecule has 0 aliphatic rings. The minimum atomic E-state index is -1.32. The highest BCUT2D eigenvalue weighted by Crippen LogP contribution is 2.26. The number of unbranched alkanes of at least 4 members (excludes halogenated alkanes) is 12. The summed E-state index contributed by atoms with van der Waals surface area (Å²) in [6.45, 7) is 11.3. The van der Waals surface area contributed by atoms with Crippen molar-refractivity contribution in [2.24, 2.45) is 0 Å². The van der Waals surface area contributed by atoms with Gasteiger partial charge in [-0.2, -0.15) is 0 Å². The van der Waals surface area contributed by atoms with Crippen molar-refractivity contribution in [3.8, 4) is 17.2 Å². The molecular weight excluding hydrogens is 562 g/mol. The second-order valence-corrected chi connectivity index (χ2v) is 14.1. The Morgan fingerprint density at radius 1 is 0.837 bits per heavy atom. The maximum absolute atomic E-state index is 12.4.